The topological polar surface area (TPSA) is 129 Å². The van der Waals surface area contributed by atoms with Crippen LogP contribution in [0.5, 0.6) is 11.5 Å². The Labute approximate surface area is 218 Å². The van der Waals surface area contributed by atoms with E-state index in [1.807, 2.05) is 45.8 Å². The zero-order chi connectivity index (χ0) is 27.9. The lowest BCUT2D eigenvalue weighted by Crippen LogP contribution is -2.31. The summed E-state index contributed by atoms with van der Waals surface area (Å²) in [5.41, 5.74) is 3.06. The third-order valence-corrected chi connectivity index (χ3v) is 6.58. The molecule has 0 spiro atoms. The maximum absolute atomic E-state index is 13.6. The zero-order valence-electron chi connectivity index (χ0n) is 22.5. The van der Waals surface area contributed by atoms with Crippen LogP contribution in [0.2, 0.25) is 0 Å². The standard InChI is InChI=1S/C26H34N4O6S/c1-26(2,3)19-12-22(35-7)23(36-37(8,33)34)11-17(19)21(31)14-30-13-15-9-20(29(5)6)18(25(32)28-4)10-16(15)24(30)27/h9-12,27H,13-14H2,1-8H3,(H,28,32). The molecule has 0 fully saturated rings. The van der Waals surface area contributed by atoms with Gasteiger partial charge in [-0.1, -0.05) is 20.8 Å². The summed E-state index contributed by atoms with van der Waals surface area (Å²) in [6.07, 6.45) is 0.920. The predicted molar refractivity (Wildman–Crippen MR) is 143 cm³/mol. The van der Waals surface area contributed by atoms with Gasteiger partial charge in [-0.25, -0.2) is 0 Å². The molecule has 0 radical (unpaired) electrons. The molecule has 0 unspecified atom stereocenters. The van der Waals surface area contributed by atoms with Gasteiger partial charge < -0.3 is 24.0 Å². The number of fused-ring (bicyclic) bond motifs is 1. The van der Waals surface area contributed by atoms with Crippen LogP contribution < -0.4 is 19.1 Å². The summed E-state index contributed by atoms with van der Waals surface area (Å²) in [4.78, 5) is 29.6. The van der Waals surface area contributed by atoms with E-state index in [1.54, 1.807) is 24.1 Å². The van der Waals surface area contributed by atoms with E-state index in [0.29, 0.717) is 28.9 Å². The Kier molecular flexibility index (Phi) is 7.59. The van der Waals surface area contributed by atoms with E-state index in [1.165, 1.54) is 13.2 Å². The maximum atomic E-state index is 13.6. The first-order valence-electron chi connectivity index (χ1n) is 11.6. The number of amides is 1. The minimum absolute atomic E-state index is 0.0769. The van der Waals surface area contributed by atoms with Crippen LogP contribution in [0.15, 0.2) is 24.3 Å². The first kappa shape index (κ1) is 28.0. The molecule has 0 saturated carbocycles. The van der Waals surface area contributed by atoms with E-state index in [0.717, 1.165) is 11.8 Å². The summed E-state index contributed by atoms with van der Waals surface area (Å²) in [5, 5.41) is 11.4. The molecule has 2 aromatic carbocycles. The minimum atomic E-state index is -3.87. The third-order valence-electron chi connectivity index (χ3n) is 6.10. The highest BCUT2D eigenvalue weighted by molar-refractivity contribution is 7.86. The van der Waals surface area contributed by atoms with Crippen LogP contribution in [0.1, 0.15) is 58.2 Å². The predicted octanol–water partition coefficient (Wildman–Crippen LogP) is 2.78. The molecule has 0 aliphatic carbocycles. The van der Waals surface area contributed by atoms with Crippen LogP contribution in [0.25, 0.3) is 0 Å². The lowest BCUT2D eigenvalue weighted by Gasteiger charge is -2.25. The number of rotatable bonds is 8. The summed E-state index contributed by atoms with van der Waals surface area (Å²) < 4.78 is 34.1. The number of hydrogen-bond donors (Lipinski definition) is 2. The largest absolute Gasteiger partial charge is 0.493 e. The third kappa shape index (κ3) is 5.87. The van der Waals surface area contributed by atoms with Crippen LogP contribution >= 0.6 is 0 Å². The number of carbonyl (C=O) groups excluding carboxylic acids is 2. The van der Waals surface area contributed by atoms with Gasteiger partial charge in [-0.2, -0.15) is 8.42 Å². The fraction of sp³-hybridized carbons (Fsp3) is 0.423. The van der Waals surface area contributed by atoms with E-state index in [4.69, 9.17) is 14.3 Å². The van der Waals surface area contributed by atoms with E-state index < -0.39 is 15.5 Å². The number of methoxy groups -OCH3 is 1. The summed E-state index contributed by atoms with van der Waals surface area (Å²) >= 11 is 0. The molecule has 0 atom stereocenters. The highest BCUT2D eigenvalue weighted by atomic mass is 32.2. The van der Waals surface area contributed by atoms with Crippen LogP contribution in [-0.4, -0.2) is 71.9 Å². The maximum Gasteiger partial charge on any atom is 0.306 e. The summed E-state index contributed by atoms with van der Waals surface area (Å²) in [5.74, 6) is -0.307. The lowest BCUT2D eigenvalue weighted by molar-refractivity contribution is 0.0954. The van der Waals surface area contributed by atoms with Gasteiger partial charge >= 0.3 is 10.1 Å². The Hall–Kier alpha value is -3.60. The Balaban J connectivity index is 2.01. The van der Waals surface area contributed by atoms with Gasteiger partial charge in [0.1, 0.15) is 5.84 Å². The van der Waals surface area contributed by atoms with Crippen molar-refractivity contribution in [3.63, 3.8) is 0 Å². The molecule has 2 aromatic rings. The van der Waals surface area contributed by atoms with Gasteiger partial charge in [0, 0.05) is 44.5 Å². The Bertz CT molecular complexity index is 1380. The van der Waals surface area contributed by atoms with Crippen molar-refractivity contribution in [3.05, 3.63) is 52.1 Å². The van der Waals surface area contributed by atoms with Gasteiger partial charge in [-0.05, 0) is 40.8 Å². The zero-order valence-corrected chi connectivity index (χ0v) is 23.3. The molecule has 1 amide bonds. The number of Topliss-reactive ketones (excluding diaryl/α,β-unsaturated/α-hetero) is 1. The van der Waals surface area contributed by atoms with Crippen molar-refractivity contribution >= 4 is 33.3 Å². The van der Waals surface area contributed by atoms with E-state index in [-0.39, 0.29) is 41.1 Å². The first-order chi connectivity index (χ1) is 17.1. The van der Waals surface area contributed by atoms with Gasteiger partial charge in [-0.15, -0.1) is 0 Å². The quantitative estimate of drug-likeness (QED) is 0.394. The van der Waals surface area contributed by atoms with Crippen molar-refractivity contribution in [2.75, 3.05) is 46.0 Å². The molecule has 10 nitrogen and oxygen atoms in total. The monoisotopic (exact) mass is 530 g/mol. The van der Waals surface area contributed by atoms with E-state index in [9.17, 15) is 18.0 Å². The molecule has 3 rings (SSSR count). The molecular weight excluding hydrogens is 496 g/mol. The second-order valence-corrected chi connectivity index (χ2v) is 11.8. The van der Waals surface area contributed by atoms with Crippen LogP contribution in [0.3, 0.4) is 0 Å². The van der Waals surface area contributed by atoms with Crippen molar-refractivity contribution < 1.29 is 26.9 Å². The molecule has 11 heteroatoms. The summed E-state index contributed by atoms with van der Waals surface area (Å²) in [6, 6.07) is 6.56. The average molecular weight is 531 g/mol. The van der Waals surface area contributed by atoms with Gasteiger partial charge in [0.2, 0.25) is 0 Å². The molecule has 0 aromatic heterocycles. The van der Waals surface area contributed by atoms with Crippen LogP contribution in [0, 0.1) is 5.41 Å². The average Bonchev–Trinajstić information content (AvgIpc) is 3.09. The summed E-state index contributed by atoms with van der Waals surface area (Å²) in [6.45, 7) is 6.02. The number of carbonyl (C=O) groups is 2. The van der Waals surface area contributed by atoms with Gasteiger partial charge in [0.05, 0.1) is 25.5 Å². The Morgan fingerprint density at radius 2 is 1.76 bits per heavy atom. The second kappa shape index (κ2) is 10.0. The number of benzene rings is 2. The first-order valence-corrected chi connectivity index (χ1v) is 13.4. The molecule has 2 N–H and O–H groups in total. The smallest absolute Gasteiger partial charge is 0.306 e. The fourth-order valence-electron chi connectivity index (χ4n) is 4.32. The number of nitrogens with zero attached hydrogens (tertiary/aromatic N) is 2. The highest BCUT2D eigenvalue weighted by Gasteiger charge is 2.31. The summed E-state index contributed by atoms with van der Waals surface area (Å²) in [7, 11) is 2.76. The molecule has 37 heavy (non-hydrogen) atoms. The van der Waals surface area contributed by atoms with Crippen molar-refractivity contribution in [1.29, 1.82) is 5.41 Å². The van der Waals surface area contributed by atoms with Crippen molar-refractivity contribution in [3.8, 4) is 11.5 Å². The molecule has 200 valence electrons. The second-order valence-electron chi connectivity index (χ2n) is 10.2. The van der Waals surface area contributed by atoms with Crippen molar-refractivity contribution in [1.82, 2.24) is 10.2 Å². The van der Waals surface area contributed by atoms with Gasteiger partial charge in [0.25, 0.3) is 5.91 Å². The SMILES string of the molecule is CNC(=O)c1cc2c(cc1N(C)C)CN(CC(=O)c1cc(OS(C)(=O)=O)c(OC)cc1C(C)(C)C)C2=N. The van der Waals surface area contributed by atoms with Crippen molar-refractivity contribution in [2.45, 2.75) is 32.7 Å². The minimum Gasteiger partial charge on any atom is -0.493 e. The molecule has 1 heterocycles. The molecular formula is C26H34N4O6S. The molecule has 1 aliphatic heterocycles. The fourth-order valence-corrected chi connectivity index (χ4v) is 4.77. The van der Waals surface area contributed by atoms with Gasteiger partial charge in [-0.3, -0.25) is 15.0 Å². The van der Waals surface area contributed by atoms with Crippen molar-refractivity contribution in [2.24, 2.45) is 0 Å². The Morgan fingerprint density at radius 3 is 2.27 bits per heavy atom. The molecule has 0 saturated heterocycles. The number of nitrogens with one attached hydrogen (secondary N) is 2. The number of hydrogen-bond acceptors (Lipinski definition) is 8. The number of amidine groups is 1. The van der Waals surface area contributed by atoms with E-state index >= 15 is 0 Å². The van der Waals surface area contributed by atoms with Gasteiger partial charge in [0.15, 0.2) is 17.3 Å². The lowest BCUT2D eigenvalue weighted by atomic mass is 9.82. The highest BCUT2D eigenvalue weighted by Crippen LogP contribution is 2.38. The molecule has 1 aliphatic rings. The molecule has 0 bridgehead atoms. The number of ether oxygens (including phenoxy) is 1. The van der Waals surface area contributed by atoms with Crippen LogP contribution in [-0.2, 0) is 22.1 Å². The normalized spacial score (nSPS) is 13.3. The van der Waals surface area contributed by atoms with Crippen LogP contribution in [0.4, 0.5) is 5.69 Å². The number of anilines is 1. The van der Waals surface area contributed by atoms with E-state index in [2.05, 4.69) is 5.32 Å². The Morgan fingerprint density at radius 1 is 1.11 bits per heavy atom. The number of ketones is 1.